The number of rotatable bonds is 0. The van der Waals surface area contributed by atoms with Crippen molar-refractivity contribution < 1.29 is 15.2 Å². The summed E-state index contributed by atoms with van der Waals surface area (Å²) in [6.45, 7) is 6.98. The van der Waals surface area contributed by atoms with Gasteiger partial charge in [-0.1, -0.05) is 21.1 Å². The molecule has 0 amide bonds. The van der Waals surface area contributed by atoms with Crippen molar-refractivity contribution in [1.29, 1.82) is 0 Å². The number of carbonyl (C=O) groups is 1. The summed E-state index contributed by atoms with van der Waals surface area (Å²) < 4.78 is 0.680. The van der Waals surface area contributed by atoms with Crippen LogP contribution in [0.25, 0.3) is 0 Å². The third-order valence-electron chi connectivity index (χ3n) is 4.11. The summed E-state index contributed by atoms with van der Waals surface area (Å²) in [6.07, 6.45) is 4.52. The molecule has 0 unspecified atom stereocenters. The average Bonchev–Trinajstić information content (AvgIpc) is 2.43. The fraction of sp³-hybridized carbons (Fsp3) is 0.462. The van der Waals surface area contributed by atoms with Crippen LogP contribution in [0.1, 0.15) is 27.7 Å². The number of hydrogen-bond donors (Lipinski definition) is 1. The third kappa shape index (κ3) is 1.86. The highest BCUT2D eigenvalue weighted by molar-refractivity contribution is 9.11. The maximum absolute atomic E-state index is 12.4. The highest BCUT2D eigenvalue weighted by Crippen LogP contribution is 2.45. The van der Waals surface area contributed by atoms with Crippen molar-refractivity contribution in [2.75, 3.05) is 0 Å². The van der Waals surface area contributed by atoms with Crippen LogP contribution in [0.4, 0.5) is 0 Å². The van der Waals surface area contributed by atoms with E-state index in [2.05, 4.69) is 15.9 Å². The molecule has 1 heterocycles. The van der Waals surface area contributed by atoms with Gasteiger partial charge in [0.2, 0.25) is 0 Å². The quantitative estimate of drug-likeness (QED) is 0.694. The van der Waals surface area contributed by atoms with Crippen LogP contribution in [0, 0.1) is 0 Å². The Morgan fingerprint density at radius 1 is 1.16 bits per heavy atom. The summed E-state index contributed by atoms with van der Waals surface area (Å²) in [7, 11) is 0. The summed E-state index contributed by atoms with van der Waals surface area (Å²) in [5.41, 5.74) is -1.48. The molecule has 1 radical (unpaired) electrons. The molecule has 1 saturated heterocycles. The van der Waals surface area contributed by atoms with E-state index in [4.69, 9.17) is 0 Å². The maximum Gasteiger partial charge on any atom is 0.189 e. The van der Waals surface area contributed by atoms with Gasteiger partial charge in [-0.15, -0.1) is 0 Å². The summed E-state index contributed by atoms with van der Waals surface area (Å²) in [5, 5.41) is 24.3. The molecule has 2 rings (SSSR count). The minimum Gasteiger partial charge on any atom is -0.289 e. The number of hydrogen-bond acceptors (Lipinski definition) is 4. The standard InChI is InChI=1S/C13H16BrN2O3/c1-12(2)13(3,4)16(19)11(15(12)18)9-7-8(14)5-6-10(9)17/h5-7,18H,1-4H3/b11-9+. The molecule has 0 aromatic heterocycles. The molecule has 19 heavy (non-hydrogen) atoms. The Morgan fingerprint density at radius 3 is 2.21 bits per heavy atom. The number of halogens is 1. The van der Waals surface area contributed by atoms with Gasteiger partial charge in [0.1, 0.15) is 0 Å². The van der Waals surface area contributed by atoms with Crippen LogP contribution in [0.5, 0.6) is 0 Å². The first-order chi connectivity index (χ1) is 8.60. The van der Waals surface area contributed by atoms with Crippen LogP contribution >= 0.6 is 15.9 Å². The van der Waals surface area contributed by atoms with E-state index in [-0.39, 0.29) is 17.2 Å². The highest BCUT2D eigenvalue weighted by Gasteiger charge is 2.57. The molecular weight excluding hydrogens is 312 g/mol. The highest BCUT2D eigenvalue weighted by atomic mass is 79.9. The zero-order chi connectivity index (χ0) is 14.6. The van der Waals surface area contributed by atoms with E-state index in [9.17, 15) is 15.2 Å². The molecule has 1 aliphatic heterocycles. The lowest BCUT2D eigenvalue weighted by atomic mass is 9.84. The molecule has 1 N–H and O–H groups in total. The van der Waals surface area contributed by atoms with E-state index in [1.807, 2.05) is 0 Å². The monoisotopic (exact) mass is 327 g/mol. The number of allylic oxidation sites excluding steroid dienone is 5. The number of hydroxylamine groups is 4. The van der Waals surface area contributed by atoms with Gasteiger partial charge in [0.25, 0.3) is 0 Å². The molecule has 0 saturated carbocycles. The van der Waals surface area contributed by atoms with Gasteiger partial charge in [-0.25, -0.2) is 5.06 Å². The number of carbonyl (C=O) groups excluding carboxylic acids is 1. The zero-order valence-electron chi connectivity index (χ0n) is 11.3. The summed E-state index contributed by atoms with van der Waals surface area (Å²) in [4.78, 5) is 11.9. The lowest BCUT2D eigenvalue weighted by Crippen LogP contribution is -2.52. The molecule has 0 atom stereocenters. The van der Waals surface area contributed by atoms with Gasteiger partial charge in [0.15, 0.2) is 11.6 Å². The van der Waals surface area contributed by atoms with Gasteiger partial charge in [-0.3, -0.25) is 10.0 Å². The van der Waals surface area contributed by atoms with Crippen molar-refractivity contribution in [3.63, 3.8) is 0 Å². The van der Waals surface area contributed by atoms with Gasteiger partial charge in [0, 0.05) is 4.48 Å². The van der Waals surface area contributed by atoms with E-state index in [1.165, 1.54) is 6.08 Å². The Morgan fingerprint density at radius 2 is 1.74 bits per heavy atom. The normalized spacial score (nSPS) is 29.0. The Hall–Kier alpha value is -1.11. The van der Waals surface area contributed by atoms with Gasteiger partial charge >= 0.3 is 0 Å². The van der Waals surface area contributed by atoms with E-state index in [0.29, 0.717) is 9.55 Å². The largest absolute Gasteiger partial charge is 0.289 e. The fourth-order valence-corrected chi connectivity index (χ4v) is 2.38. The van der Waals surface area contributed by atoms with Crippen molar-refractivity contribution in [3.8, 4) is 0 Å². The second-order valence-electron chi connectivity index (χ2n) is 5.69. The first-order valence-electron chi connectivity index (χ1n) is 5.91. The molecular formula is C13H16BrN2O3. The summed E-state index contributed by atoms with van der Waals surface area (Å²) in [5.74, 6) is -0.312. The molecule has 1 aliphatic carbocycles. The molecule has 2 aliphatic rings. The van der Waals surface area contributed by atoms with Crippen LogP contribution in [0.15, 0.2) is 34.1 Å². The minimum absolute atomic E-state index is 0.0127. The Labute approximate surface area is 120 Å². The summed E-state index contributed by atoms with van der Waals surface area (Å²) in [6, 6.07) is 0. The predicted octanol–water partition coefficient (Wildman–Crippen LogP) is 2.53. The molecule has 5 nitrogen and oxygen atoms in total. The molecule has 0 aromatic carbocycles. The van der Waals surface area contributed by atoms with Crippen LogP contribution in [-0.2, 0) is 10.0 Å². The van der Waals surface area contributed by atoms with E-state index >= 15 is 0 Å². The SMILES string of the molecule is CC1(C)N([O])/C(=C2\C=C(Br)C=CC2=O)N(O)C1(C)C. The van der Waals surface area contributed by atoms with Crippen LogP contribution in [-0.4, -0.2) is 32.2 Å². The summed E-state index contributed by atoms with van der Waals surface area (Å²) >= 11 is 3.27. The molecule has 0 bridgehead atoms. The molecule has 0 spiro atoms. The van der Waals surface area contributed by atoms with E-state index < -0.39 is 11.1 Å². The molecule has 103 valence electrons. The van der Waals surface area contributed by atoms with E-state index in [0.717, 1.165) is 5.06 Å². The zero-order valence-corrected chi connectivity index (χ0v) is 12.9. The Bertz CT molecular complexity index is 510. The van der Waals surface area contributed by atoms with Gasteiger partial charge < -0.3 is 0 Å². The predicted molar refractivity (Wildman–Crippen MR) is 72.5 cm³/mol. The van der Waals surface area contributed by atoms with Crippen molar-refractivity contribution in [3.05, 3.63) is 34.1 Å². The van der Waals surface area contributed by atoms with Crippen LogP contribution in [0.3, 0.4) is 0 Å². The molecule has 6 heteroatoms. The third-order valence-corrected chi connectivity index (χ3v) is 4.60. The Balaban J connectivity index is 2.64. The number of ketones is 1. The first kappa shape index (κ1) is 14.3. The second kappa shape index (κ2) is 4.19. The van der Waals surface area contributed by atoms with Crippen LogP contribution < -0.4 is 0 Å². The van der Waals surface area contributed by atoms with Crippen molar-refractivity contribution in [2.24, 2.45) is 0 Å². The second-order valence-corrected chi connectivity index (χ2v) is 6.60. The van der Waals surface area contributed by atoms with Crippen molar-refractivity contribution in [2.45, 2.75) is 38.8 Å². The van der Waals surface area contributed by atoms with Gasteiger partial charge in [-0.05, 0) is 45.9 Å². The maximum atomic E-state index is 12.4. The smallest absolute Gasteiger partial charge is 0.189 e. The van der Waals surface area contributed by atoms with Gasteiger partial charge in [-0.2, -0.15) is 5.06 Å². The fourth-order valence-electron chi connectivity index (χ4n) is 2.02. The lowest BCUT2D eigenvalue weighted by Gasteiger charge is -2.36. The van der Waals surface area contributed by atoms with Gasteiger partial charge in [0.05, 0.1) is 16.7 Å². The Kier molecular flexibility index (Phi) is 3.16. The van der Waals surface area contributed by atoms with E-state index in [1.54, 1.807) is 39.8 Å². The molecule has 1 fully saturated rings. The lowest BCUT2D eigenvalue weighted by molar-refractivity contribution is -0.182. The topological polar surface area (TPSA) is 63.7 Å². The number of nitrogens with zero attached hydrogens (tertiary/aromatic N) is 2. The van der Waals surface area contributed by atoms with Crippen LogP contribution in [0.2, 0.25) is 0 Å². The van der Waals surface area contributed by atoms with Crippen molar-refractivity contribution in [1.82, 2.24) is 10.1 Å². The molecule has 0 aromatic rings. The first-order valence-corrected chi connectivity index (χ1v) is 6.70. The average molecular weight is 328 g/mol. The van der Waals surface area contributed by atoms with Crippen molar-refractivity contribution >= 4 is 21.7 Å². The minimum atomic E-state index is -0.855.